The molecule has 0 amide bonds. The molecule has 0 aliphatic rings. The molecule has 8 rings (SSSR count). The molecule has 0 aliphatic heterocycles. The molecule has 0 radical (unpaired) electrons. The number of hydrogen-bond acceptors (Lipinski definition) is 4. The Morgan fingerprint density at radius 2 is 0.594 bits per heavy atom. The number of alkyl halides is 6. The van der Waals surface area contributed by atoms with Gasteiger partial charge >= 0.3 is 31.3 Å². The normalized spacial score (nSPS) is 11.6. The summed E-state index contributed by atoms with van der Waals surface area (Å²) in [7, 11) is -13.5. The summed E-state index contributed by atoms with van der Waals surface area (Å²) in [5.41, 5.74) is -3.23. The van der Waals surface area contributed by atoms with Gasteiger partial charge in [0.15, 0.2) is 0 Å². The second-order valence-electron chi connectivity index (χ2n) is 15.2. The Bertz CT molecular complexity index is 2900. The van der Waals surface area contributed by atoms with E-state index in [1.807, 2.05) is 0 Å². The zero-order valence-corrected chi connectivity index (χ0v) is 42.0. The number of benzene rings is 8. The van der Waals surface area contributed by atoms with E-state index in [1.165, 1.54) is 86.8 Å². The molecule has 6 N–H and O–H groups in total. The zero-order valence-electron chi connectivity index (χ0n) is 37.0. The van der Waals surface area contributed by atoms with Gasteiger partial charge in [0.2, 0.25) is 0 Å². The Hall–Kier alpha value is -4.88. The van der Waals surface area contributed by atoms with Crippen molar-refractivity contribution < 1.29 is 83.7 Å². The fourth-order valence-corrected chi connectivity index (χ4v) is 11.9. The average molecular weight is 1120 g/mol. The molecule has 69 heavy (non-hydrogen) atoms. The van der Waals surface area contributed by atoms with Gasteiger partial charge in [-0.3, -0.25) is 9.11 Å². The van der Waals surface area contributed by atoms with Crippen molar-refractivity contribution in [2.24, 2.45) is 0 Å². The van der Waals surface area contributed by atoms with E-state index < -0.39 is 47.1 Å². The summed E-state index contributed by atoms with van der Waals surface area (Å²) >= 11 is 0. The van der Waals surface area contributed by atoms with Crippen LogP contribution in [0.3, 0.4) is 0 Å². The first kappa shape index (κ1) is 58.4. The first-order valence-electron chi connectivity index (χ1n) is 19.9. The Balaban J connectivity index is 0.000000573. The number of aryl methyl sites for hydroxylation is 4. The van der Waals surface area contributed by atoms with E-state index in [4.69, 9.17) is 25.9 Å². The van der Waals surface area contributed by atoms with Crippen LogP contribution in [0.5, 0.6) is 0 Å². The second kappa shape index (κ2) is 23.8. The molecule has 8 nitrogen and oxygen atoms in total. The van der Waals surface area contributed by atoms with E-state index in [0.717, 1.165) is 0 Å². The average Bonchev–Trinajstić information content (AvgIpc) is 3.25. The summed E-state index contributed by atoms with van der Waals surface area (Å²) in [6, 6.07) is 64.6. The van der Waals surface area contributed by atoms with Crippen LogP contribution in [-0.2, 0) is 40.7 Å². The third-order valence-electron chi connectivity index (χ3n) is 10.3. The summed E-state index contributed by atoms with van der Waals surface area (Å²) in [5, 5.41) is 13.4. The molecule has 8 aromatic carbocycles. The molecular weight excluding hydrogens is 1080 g/mol. The molecule has 0 unspecified atom stereocenters. The molecule has 19 heteroatoms. The van der Waals surface area contributed by atoms with Crippen molar-refractivity contribution in [3.8, 4) is 11.1 Å². The molecule has 368 valence electrons. The van der Waals surface area contributed by atoms with Crippen molar-refractivity contribution in [3.63, 3.8) is 0 Å². The van der Waals surface area contributed by atoms with Crippen LogP contribution in [-0.4, -0.2) is 47.9 Å². The third kappa shape index (κ3) is 14.1. The van der Waals surface area contributed by atoms with Gasteiger partial charge in [0, 0.05) is 20.4 Å². The van der Waals surface area contributed by atoms with Gasteiger partial charge in [0.05, 0.1) is 0 Å². The monoisotopic (exact) mass is 1120 g/mol. The van der Waals surface area contributed by atoms with Gasteiger partial charge in [-0.2, -0.15) is 43.2 Å². The summed E-state index contributed by atoms with van der Waals surface area (Å²) in [6.45, 7) is 8.72. The van der Waals surface area contributed by atoms with Crippen molar-refractivity contribution in [3.05, 3.63) is 192 Å². The van der Waals surface area contributed by atoms with Gasteiger partial charge in [0.1, 0.15) is 0 Å². The number of hydrogen-bond donors (Lipinski definition) is 2. The molecule has 0 aromatic heterocycles. The van der Waals surface area contributed by atoms with E-state index >= 15 is 0 Å². The Labute approximate surface area is 412 Å². The van der Waals surface area contributed by atoms with E-state index in [-0.39, 0.29) is 31.4 Å². The minimum atomic E-state index is -5.84. The number of fused-ring (bicyclic) bond motifs is 2. The van der Waals surface area contributed by atoms with Gasteiger partial charge in [-0.1, -0.05) is 192 Å². The van der Waals surface area contributed by atoms with Crippen LogP contribution >= 0.6 is 15.8 Å². The van der Waals surface area contributed by atoms with Crippen LogP contribution in [0.1, 0.15) is 22.3 Å². The summed E-state index contributed by atoms with van der Waals surface area (Å²) in [5.74, 6) is 0. The minimum Gasteiger partial charge on any atom is -0.412 e. The molecule has 0 aliphatic carbocycles. The van der Waals surface area contributed by atoms with Crippen molar-refractivity contribution in [1.82, 2.24) is 0 Å². The third-order valence-corrected chi connectivity index (χ3v) is 16.4. The van der Waals surface area contributed by atoms with Crippen LogP contribution in [0.2, 0.25) is 0 Å². The van der Waals surface area contributed by atoms with Gasteiger partial charge in [-0.15, -0.1) is 0 Å². The van der Waals surface area contributed by atoms with Crippen molar-refractivity contribution in [2.75, 3.05) is 0 Å². The predicted molar refractivity (Wildman–Crippen MR) is 266 cm³/mol. The molecule has 0 spiro atoms. The van der Waals surface area contributed by atoms with Crippen molar-refractivity contribution in [2.45, 2.75) is 38.7 Å². The van der Waals surface area contributed by atoms with Crippen LogP contribution < -0.4 is 31.8 Å². The molecular formula is C50H46F6O8P2PdS2. The fraction of sp³-hybridized carbons (Fsp3) is 0.120. The molecule has 0 saturated heterocycles. The first-order valence-corrected chi connectivity index (χ1v) is 25.5. The maximum Gasteiger partial charge on any atom is 0.522 e. The molecule has 0 saturated carbocycles. The summed E-state index contributed by atoms with van der Waals surface area (Å²) < 4.78 is 115. The molecule has 8 aromatic rings. The fourth-order valence-electron chi connectivity index (χ4n) is 7.05. The quantitative estimate of drug-likeness (QED) is 0.0529. The van der Waals surface area contributed by atoms with Gasteiger partial charge < -0.3 is 11.0 Å². The van der Waals surface area contributed by atoms with Crippen LogP contribution in [0.15, 0.2) is 170 Å². The largest absolute Gasteiger partial charge is 0.522 e. The molecule has 0 fully saturated rings. The predicted octanol–water partition coefficient (Wildman–Crippen LogP) is 9.55. The van der Waals surface area contributed by atoms with E-state index in [9.17, 15) is 26.3 Å². The van der Waals surface area contributed by atoms with Gasteiger partial charge in [-0.05, 0) is 108 Å². The topological polar surface area (TPSA) is 172 Å². The van der Waals surface area contributed by atoms with Crippen LogP contribution in [0.25, 0.3) is 32.7 Å². The van der Waals surface area contributed by atoms with E-state index in [1.54, 1.807) is 0 Å². The number of halogens is 6. The van der Waals surface area contributed by atoms with E-state index in [0.29, 0.717) is 0 Å². The molecule has 0 atom stereocenters. The molecule has 0 bridgehead atoms. The Morgan fingerprint density at radius 1 is 0.377 bits per heavy atom. The first-order chi connectivity index (χ1) is 30.9. The summed E-state index contributed by atoms with van der Waals surface area (Å²) in [6.07, 6.45) is 0. The standard InChI is InChI=1S/C48H40P2.2CHF3O3S.2H2O.Pd/c1-33-13-23-39(24-14-33)49(40-25-15-34(2)16-26-40)45-31-21-37-9-5-7-11-43(37)47(45)48-44-12-8-6-10-38(44)22-32-46(48)50(41-27-17-35(3)18-28-41)42-29-19-36(4)20-30-42;2*2-1(3,4)8(5,6)7;;;/h5-32H,1-4H3;2*(H,5,6,7);2*1H2;. The van der Waals surface area contributed by atoms with Gasteiger partial charge in [0.25, 0.3) is 0 Å². The minimum absolute atomic E-state index is 0. The van der Waals surface area contributed by atoms with Crippen LogP contribution in [0, 0.1) is 27.7 Å². The Morgan fingerprint density at radius 3 is 0.812 bits per heavy atom. The van der Waals surface area contributed by atoms with Crippen molar-refractivity contribution >= 4 is 89.5 Å². The summed E-state index contributed by atoms with van der Waals surface area (Å²) in [4.78, 5) is 0. The smallest absolute Gasteiger partial charge is 0.412 e. The van der Waals surface area contributed by atoms with E-state index in [2.05, 4.69) is 198 Å². The van der Waals surface area contributed by atoms with Crippen molar-refractivity contribution in [1.29, 1.82) is 0 Å². The van der Waals surface area contributed by atoms with Gasteiger partial charge in [-0.25, -0.2) is 0 Å². The second-order valence-corrected chi connectivity index (χ2v) is 22.4. The zero-order chi connectivity index (χ0) is 48.2. The maximum atomic E-state index is 10.7. The van der Waals surface area contributed by atoms with Crippen LogP contribution in [0.4, 0.5) is 26.3 Å². The maximum absolute atomic E-state index is 10.7. The molecule has 0 heterocycles. The Kier molecular flexibility index (Phi) is 20.2. The number of rotatable bonds is 7. The SMILES string of the molecule is Cc1ccc(P(c2ccc(C)cc2)c2ccc3ccccc3c2-c2c(P(c3ccc(C)cc3)c3ccc(C)cc3)ccc3ccccc23)cc1.O.O.O=S(=O)(O)C(F)(F)F.O=S(=O)(O)C(F)(F)F.[Pd].